The standard InChI is InChI=1S/C17H26O3/c1-20-17(19)16-12-10-15(11-13-16)9-7-5-3-2-4-6-8-14-18/h10-13,18H,2-9,14H2,1H3. The Hall–Kier alpha value is -1.35. The van der Waals surface area contributed by atoms with E-state index in [4.69, 9.17) is 5.11 Å². The maximum Gasteiger partial charge on any atom is 0.337 e. The summed E-state index contributed by atoms with van der Waals surface area (Å²) in [5.74, 6) is -0.278. The molecule has 3 nitrogen and oxygen atoms in total. The summed E-state index contributed by atoms with van der Waals surface area (Å²) in [7, 11) is 1.40. The topological polar surface area (TPSA) is 46.5 Å². The van der Waals surface area contributed by atoms with Crippen molar-refractivity contribution in [1.82, 2.24) is 0 Å². The molecule has 0 bridgehead atoms. The van der Waals surface area contributed by atoms with Gasteiger partial charge in [-0.05, 0) is 37.0 Å². The van der Waals surface area contributed by atoms with Gasteiger partial charge in [-0.25, -0.2) is 4.79 Å². The van der Waals surface area contributed by atoms with E-state index in [9.17, 15) is 4.79 Å². The summed E-state index contributed by atoms with van der Waals surface area (Å²) in [6.45, 7) is 0.321. The van der Waals surface area contributed by atoms with Crippen molar-refractivity contribution in [2.45, 2.75) is 51.4 Å². The number of hydrogen-bond acceptors (Lipinski definition) is 3. The molecular weight excluding hydrogens is 252 g/mol. The van der Waals surface area contributed by atoms with Gasteiger partial charge in [-0.2, -0.15) is 0 Å². The third-order valence-corrected chi connectivity index (χ3v) is 3.50. The summed E-state index contributed by atoms with van der Waals surface area (Å²) in [5, 5.41) is 8.67. The summed E-state index contributed by atoms with van der Waals surface area (Å²) in [6.07, 6.45) is 9.35. The monoisotopic (exact) mass is 278 g/mol. The van der Waals surface area contributed by atoms with E-state index in [0.29, 0.717) is 12.2 Å². The minimum Gasteiger partial charge on any atom is -0.465 e. The number of aryl methyl sites for hydroxylation is 1. The Kier molecular flexibility index (Phi) is 8.72. The van der Waals surface area contributed by atoms with Crippen molar-refractivity contribution in [3.05, 3.63) is 35.4 Å². The fraction of sp³-hybridized carbons (Fsp3) is 0.588. The van der Waals surface area contributed by atoms with Crippen molar-refractivity contribution >= 4 is 5.97 Å². The van der Waals surface area contributed by atoms with Crippen LogP contribution in [-0.4, -0.2) is 24.8 Å². The largest absolute Gasteiger partial charge is 0.465 e. The van der Waals surface area contributed by atoms with E-state index >= 15 is 0 Å². The van der Waals surface area contributed by atoms with Crippen molar-refractivity contribution in [2.75, 3.05) is 13.7 Å². The number of aliphatic hydroxyl groups is 1. The predicted molar refractivity (Wildman–Crippen MR) is 80.9 cm³/mol. The van der Waals surface area contributed by atoms with Crippen LogP contribution in [0.3, 0.4) is 0 Å². The van der Waals surface area contributed by atoms with E-state index in [1.165, 1.54) is 44.8 Å². The van der Waals surface area contributed by atoms with E-state index in [-0.39, 0.29) is 5.97 Å². The smallest absolute Gasteiger partial charge is 0.337 e. The maximum absolute atomic E-state index is 11.3. The van der Waals surface area contributed by atoms with Gasteiger partial charge in [0.15, 0.2) is 0 Å². The van der Waals surface area contributed by atoms with Gasteiger partial charge >= 0.3 is 5.97 Å². The minimum atomic E-state index is -0.278. The normalized spacial score (nSPS) is 10.5. The minimum absolute atomic E-state index is 0.278. The first kappa shape index (κ1) is 16.7. The van der Waals surface area contributed by atoms with Gasteiger partial charge < -0.3 is 9.84 Å². The number of benzene rings is 1. The summed E-state index contributed by atoms with van der Waals surface area (Å²) < 4.78 is 4.67. The highest BCUT2D eigenvalue weighted by molar-refractivity contribution is 5.89. The van der Waals surface area contributed by atoms with Crippen LogP contribution in [0.1, 0.15) is 60.9 Å². The van der Waals surface area contributed by atoms with Crippen molar-refractivity contribution in [3.63, 3.8) is 0 Å². The Morgan fingerprint density at radius 3 is 2.05 bits per heavy atom. The van der Waals surface area contributed by atoms with Crippen LogP contribution in [0.5, 0.6) is 0 Å². The van der Waals surface area contributed by atoms with Crippen LogP contribution >= 0.6 is 0 Å². The zero-order valence-electron chi connectivity index (χ0n) is 12.4. The van der Waals surface area contributed by atoms with Crippen molar-refractivity contribution < 1.29 is 14.6 Å². The molecule has 0 aliphatic rings. The molecule has 1 N–H and O–H groups in total. The summed E-state index contributed by atoms with van der Waals surface area (Å²) in [6, 6.07) is 7.67. The molecule has 1 aromatic rings. The number of hydrogen-bond donors (Lipinski definition) is 1. The molecule has 0 radical (unpaired) electrons. The van der Waals surface area contributed by atoms with Crippen molar-refractivity contribution in [2.24, 2.45) is 0 Å². The average Bonchev–Trinajstić information content (AvgIpc) is 2.50. The first-order chi connectivity index (χ1) is 9.77. The fourth-order valence-electron chi connectivity index (χ4n) is 2.25. The SMILES string of the molecule is COC(=O)c1ccc(CCCCCCCCCO)cc1. The second kappa shape index (κ2) is 10.4. The first-order valence-electron chi connectivity index (χ1n) is 7.56. The van der Waals surface area contributed by atoms with Gasteiger partial charge in [-0.1, -0.05) is 44.2 Å². The highest BCUT2D eigenvalue weighted by Gasteiger charge is 2.03. The lowest BCUT2D eigenvalue weighted by molar-refractivity contribution is 0.0600. The Morgan fingerprint density at radius 1 is 0.950 bits per heavy atom. The highest BCUT2D eigenvalue weighted by Crippen LogP contribution is 2.12. The van der Waals surface area contributed by atoms with Gasteiger partial charge in [-0.3, -0.25) is 0 Å². The summed E-state index contributed by atoms with van der Waals surface area (Å²) in [5.41, 5.74) is 1.89. The second-order valence-electron chi connectivity index (χ2n) is 5.14. The van der Waals surface area contributed by atoms with E-state index in [0.717, 1.165) is 19.3 Å². The predicted octanol–water partition coefficient (Wildman–Crippen LogP) is 3.74. The molecule has 0 heterocycles. The number of carbonyl (C=O) groups excluding carboxylic acids is 1. The number of methoxy groups -OCH3 is 1. The van der Waals surface area contributed by atoms with E-state index in [1.807, 2.05) is 24.3 Å². The second-order valence-corrected chi connectivity index (χ2v) is 5.14. The summed E-state index contributed by atoms with van der Waals surface area (Å²) in [4.78, 5) is 11.3. The zero-order valence-corrected chi connectivity index (χ0v) is 12.4. The Morgan fingerprint density at radius 2 is 1.50 bits per heavy atom. The fourth-order valence-corrected chi connectivity index (χ4v) is 2.25. The quantitative estimate of drug-likeness (QED) is 0.524. The van der Waals surface area contributed by atoms with Gasteiger partial charge in [-0.15, -0.1) is 0 Å². The molecule has 3 heteroatoms. The summed E-state index contributed by atoms with van der Waals surface area (Å²) >= 11 is 0. The molecular formula is C17H26O3. The van der Waals surface area contributed by atoms with Gasteiger partial charge in [0.25, 0.3) is 0 Å². The van der Waals surface area contributed by atoms with Gasteiger partial charge in [0.1, 0.15) is 0 Å². The number of rotatable bonds is 10. The molecule has 0 spiro atoms. The molecule has 0 aliphatic heterocycles. The number of aliphatic hydroxyl groups excluding tert-OH is 1. The third kappa shape index (κ3) is 6.71. The Balaban J connectivity index is 2.11. The van der Waals surface area contributed by atoms with Crippen LogP contribution in [-0.2, 0) is 11.2 Å². The molecule has 112 valence electrons. The lowest BCUT2D eigenvalue weighted by Gasteiger charge is -2.04. The number of ether oxygens (including phenoxy) is 1. The molecule has 0 saturated carbocycles. The molecule has 0 unspecified atom stereocenters. The zero-order chi connectivity index (χ0) is 14.6. The number of unbranched alkanes of at least 4 members (excludes halogenated alkanes) is 6. The van der Waals surface area contributed by atoms with E-state index < -0.39 is 0 Å². The van der Waals surface area contributed by atoms with Crippen LogP contribution in [0.2, 0.25) is 0 Å². The van der Waals surface area contributed by atoms with Crippen molar-refractivity contribution in [1.29, 1.82) is 0 Å². The third-order valence-electron chi connectivity index (χ3n) is 3.50. The molecule has 1 aromatic carbocycles. The van der Waals surface area contributed by atoms with Gasteiger partial charge in [0.2, 0.25) is 0 Å². The number of esters is 1. The molecule has 20 heavy (non-hydrogen) atoms. The number of carbonyl (C=O) groups is 1. The van der Waals surface area contributed by atoms with Crippen LogP contribution < -0.4 is 0 Å². The maximum atomic E-state index is 11.3. The Bertz CT molecular complexity index is 370. The molecule has 0 aromatic heterocycles. The van der Waals surface area contributed by atoms with Gasteiger partial charge in [0.05, 0.1) is 12.7 Å². The molecule has 1 rings (SSSR count). The molecule has 0 atom stereocenters. The molecule has 0 amide bonds. The van der Waals surface area contributed by atoms with Crippen LogP contribution in [0.4, 0.5) is 0 Å². The van der Waals surface area contributed by atoms with Crippen molar-refractivity contribution in [3.8, 4) is 0 Å². The Labute approximate surface area is 122 Å². The van der Waals surface area contributed by atoms with Crippen LogP contribution in [0.15, 0.2) is 24.3 Å². The molecule has 0 saturated heterocycles. The first-order valence-corrected chi connectivity index (χ1v) is 7.56. The van der Waals surface area contributed by atoms with E-state index in [2.05, 4.69) is 4.74 Å². The highest BCUT2D eigenvalue weighted by atomic mass is 16.5. The van der Waals surface area contributed by atoms with E-state index in [1.54, 1.807) is 0 Å². The molecule has 0 fully saturated rings. The lowest BCUT2D eigenvalue weighted by Crippen LogP contribution is -2.00. The lowest BCUT2D eigenvalue weighted by atomic mass is 10.0. The average molecular weight is 278 g/mol. The molecule has 0 aliphatic carbocycles. The van der Waals surface area contributed by atoms with Gasteiger partial charge in [0, 0.05) is 6.61 Å². The van der Waals surface area contributed by atoms with Crippen LogP contribution in [0.25, 0.3) is 0 Å². The van der Waals surface area contributed by atoms with Crippen LogP contribution in [0, 0.1) is 0 Å².